The zero-order valence-corrected chi connectivity index (χ0v) is 54.2. The summed E-state index contributed by atoms with van der Waals surface area (Å²) in [5, 5.41) is 23.9. The maximum Gasteiger partial charge on any atom is 0.243 e. The number of H-pyrrole nitrogens is 3. The van der Waals surface area contributed by atoms with Crippen molar-refractivity contribution in [3.63, 3.8) is 0 Å². The van der Waals surface area contributed by atoms with E-state index < -0.39 is 108 Å². The Bertz CT molecular complexity index is 3820. The van der Waals surface area contributed by atoms with Gasteiger partial charge in [-0.15, -0.1) is 0 Å². The number of primary amides is 1. The molecule has 0 aliphatic carbocycles. The molecule has 0 saturated heterocycles. The molecule has 0 radical (unpaired) electrons. The summed E-state index contributed by atoms with van der Waals surface area (Å²) in [4.78, 5) is 153. The van der Waals surface area contributed by atoms with Crippen molar-refractivity contribution in [2.75, 3.05) is 26.2 Å². The van der Waals surface area contributed by atoms with E-state index in [0.717, 1.165) is 32.7 Å². The van der Waals surface area contributed by atoms with Crippen molar-refractivity contribution in [2.45, 2.75) is 139 Å². The van der Waals surface area contributed by atoms with Crippen LogP contribution in [0.15, 0.2) is 111 Å². The molecule has 6 aromatic rings. The number of carbonyl (C=O) groups excluding carboxylic acids is 9. The largest absolute Gasteiger partial charge is 0.370 e. The number of nitrogens with zero attached hydrogens (tertiary/aromatic N) is 4. The fraction of sp³-hybridized carbons (Fsp3) is 0.413. The minimum Gasteiger partial charge on any atom is -0.370 e. The highest BCUT2D eigenvalue weighted by molar-refractivity contribution is 5.99. The molecule has 6 rings (SSSR count). The Morgan fingerprint density at radius 1 is 0.351 bits per heavy atom. The number of benzene rings is 3. The Balaban J connectivity index is 1.28. The van der Waals surface area contributed by atoms with Crippen molar-refractivity contribution in [3.8, 4) is 0 Å². The van der Waals surface area contributed by atoms with Crippen molar-refractivity contribution in [2.24, 2.45) is 77.3 Å². The average Bonchev–Trinajstić information content (AvgIpc) is 1.74. The van der Waals surface area contributed by atoms with Crippen LogP contribution < -0.4 is 99.9 Å². The summed E-state index contributed by atoms with van der Waals surface area (Å²) in [7, 11) is 0. The van der Waals surface area contributed by atoms with Crippen LogP contribution in [0.1, 0.15) is 81.9 Å². The zero-order valence-electron chi connectivity index (χ0n) is 54.2. The number of nitrogens with one attached hydrogen (secondary N) is 11. The molecule has 34 nitrogen and oxygen atoms in total. The molecular weight excluding hydrogens is 1250 g/mol. The normalized spacial score (nSPS) is 13.9. The van der Waals surface area contributed by atoms with Crippen LogP contribution in [0.5, 0.6) is 0 Å². The van der Waals surface area contributed by atoms with Crippen molar-refractivity contribution >= 4 is 110 Å². The number of aliphatic imine (C=N–C) groups is 4. The van der Waals surface area contributed by atoms with Crippen LogP contribution in [-0.4, -0.2) is 173 Å². The lowest BCUT2D eigenvalue weighted by molar-refractivity contribution is -0.135. The molecule has 9 amide bonds. The fourth-order valence-corrected chi connectivity index (χ4v) is 10.6. The predicted octanol–water partition coefficient (Wildman–Crippen LogP) is -3.90. The number of guanidine groups is 4. The molecule has 31 N–H and O–H groups in total. The summed E-state index contributed by atoms with van der Waals surface area (Å²) in [6.07, 6.45) is 5.33. The van der Waals surface area contributed by atoms with Gasteiger partial charge in [0.1, 0.15) is 48.3 Å². The minimum absolute atomic E-state index is 0.000707. The van der Waals surface area contributed by atoms with Gasteiger partial charge in [-0.25, -0.2) is 0 Å². The summed E-state index contributed by atoms with van der Waals surface area (Å²) in [6, 6.07) is 9.85. The number of carbonyl (C=O) groups is 9. The topological polar surface area (TPSA) is 607 Å². The number of rotatable bonds is 39. The van der Waals surface area contributed by atoms with E-state index in [-0.39, 0.29) is 114 Å². The second kappa shape index (κ2) is 36.9. The molecule has 0 saturated carbocycles. The number of amides is 9. The third-order valence-corrected chi connectivity index (χ3v) is 15.8. The Kier molecular flexibility index (Phi) is 28.3. The molecule has 3 heterocycles. The van der Waals surface area contributed by atoms with Crippen LogP contribution in [0.2, 0.25) is 0 Å². The van der Waals surface area contributed by atoms with E-state index in [1.54, 1.807) is 36.8 Å². The molecule has 0 bridgehead atoms. The van der Waals surface area contributed by atoms with Crippen molar-refractivity contribution in [3.05, 3.63) is 108 Å². The van der Waals surface area contributed by atoms with Crippen molar-refractivity contribution < 1.29 is 43.2 Å². The van der Waals surface area contributed by atoms with Gasteiger partial charge in [-0.1, -0.05) is 54.6 Å². The van der Waals surface area contributed by atoms with E-state index >= 15 is 4.79 Å². The van der Waals surface area contributed by atoms with Gasteiger partial charge in [-0.3, -0.25) is 63.1 Å². The number of hydrogen-bond acceptors (Lipinski definition) is 14. The van der Waals surface area contributed by atoms with Gasteiger partial charge < -0.3 is 115 Å². The summed E-state index contributed by atoms with van der Waals surface area (Å²) in [5.41, 5.74) is 60.4. The van der Waals surface area contributed by atoms with Gasteiger partial charge in [-0.05, 0) is 100 Å². The maximum absolute atomic E-state index is 15.1. The van der Waals surface area contributed by atoms with E-state index in [9.17, 15) is 38.4 Å². The van der Waals surface area contributed by atoms with E-state index in [2.05, 4.69) is 77.5 Å². The average molecular weight is 1340 g/mol. The van der Waals surface area contributed by atoms with Crippen molar-refractivity contribution in [1.82, 2.24) is 57.5 Å². The Morgan fingerprint density at radius 2 is 0.619 bits per heavy atom. The first-order valence-corrected chi connectivity index (χ1v) is 31.6. The number of nitrogens with two attached hydrogens (primary N) is 10. The number of aromatic amines is 3. The fourth-order valence-electron chi connectivity index (χ4n) is 10.6. The second-order valence-corrected chi connectivity index (χ2v) is 23.3. The second-order valence-electron chi connectivity index (χ2n) is 23.3. The Labute approximate surface area is 558 Å². The molecule has 0 unspecified atom stereocenters. The third-order valence-electron chi connectivity index (χ3n) is 15.8. The number of para-hydroxylation sites is 3. The first-order valence-electron chi connectivity index (χ1n) is 31.6. The summed E-state index contributed by atoms with van der Waals surface area (Å²) < 4.78 is 0. The molecule has 0 aliphatic rings. The zero-order chi connectivity index (χ0) is 70.7. The van der Waals surface area contributed by atoms with Crippen LogP contribution in [0, 0.1) is 0 Å². The first kappa shape index (κ1) is 74.6. The SMILES string of the molecule is C[C@H](NC(=O)[C@H](CCCN=C(N)N)NC(=O)[C@H](Cc1c[nH]c2ccccc12)NC(=O)[C@H](C)NC(=O)[C@H](CCCN=C(N)N)NC(=O)[C@H](CCCN=C(N)N)NC(=O)[C@H](Cc1c[nH]c2ccccc12)NC(=O)[C@H](Cc1c[nH]c2ccccc12)NC(=O)[C@@H](N)CCCN=C(N)N)C(N)=O. The molecule has 0 fully saturated rings. The monoisotopic (exact) mass is 1340 g/mol. The predicted molar refractivity (Wildman–Crippen MR) is 370 cm³/mol. The van der Waals surface area contributed by atoms with E-state index in [0.29, 0.717) is 23.1 Å². The van der Waals surface area contributed by atoms with Crippen LogP contribution in [0.25, 0.3) is 32.7 Å². The number of fused-ring (bicyclic) bond motifs is 3. The van der Waals surface area contributed by atoms with Gasteiger partial charge >= 0.3 is 0 Å². The standard InChI is InChI=1S/C63H91N25O9/c1-33(51(65)89)81-54(92)45(20-10-24-75-61(68)69)84-57(95)48(27-35-30-78-42-17-6-3-13-38(35)42)86-52(90)34(2)82-55(93)46(21-11-25-76-62(70)71)83-56(94)47(22-12-26-77-63(72)73)85-58(96)50(29-37-32-80-44-19-8-5-15-40(37)44)88-59(97)49(28-36-31-79-43-18-7-4-14-39(36)43)87-53(91)41(64)16-9-23-74-60(66)67/h3-8,13-15,17-19,30-34,41,45-50,78-80H,9-12,16,20-29,64H2,1-2H3,(H2,65,89)(H,81,92)(H,82,93)(H,83,94)(H,84,95)(H,85,96)(H,86,90)(H,87,91)(H,88,97)(H4,66,67,74)(H4,68,69,75)(H4,70,71,76)(H4,72,73,77)/t33-,34-,41-,45-,46-,47-,48-,49-,50-/m0/s1. The van der Waals surface area contributed by atoms with Gasteiger partial charge in [0.15, 0.2) is 23.8 Å². The van der Waals surface area contributed by atoms with Crippen LogP contribution >= 0.6 is 0 Å². The first-order chi connectivity index (χ1) is 46.3. The summed E-state index contributed by atoms with van der Waals surface area (Å²) in [6.45, 7) is 2.99. The highest BCUT2D eigenvalue weighted by atomic mass is 16.2. The molecule has 0 aliphatic heterocycles. The minimum atomic E-state index is -1.46. The highest BCUT2D eigenvalue weighted by Gasteiger charge is 2.35. The molecule has 3 aromatic heterocycles. The molecule has 97 heavy (non-hydrogen) atoms. The van der Waals surface area contributed by atoms with Gasteiger partial charge in [0, 0.05) is 96.7 Å². The maximum atomic E-state index is 15.1. The number of hydrogen-bond donors (Lipinski definition) is 21. The molecular formula is C63H91N25O9. The lowest BCUT2D eigenvalue weighted by Gasteiger charge is -2.27. The lowest BCUT2D eigenvalue weighted by atomic mass is 10.0. The third kappa shape index (κ3) is 23.5. The summed E-state index contributed by atoms with van der Waals surface area (Å²) in [5.74, 6) is -8.16. The van der Waals surface area contributed by atoms with E-state index in [1.165, 1.54) is 13.8 Å². The summed E-state index contributed by atoms with van der Waals surface area (Å²) >= 11 is 0. The Morgan fingerprint density at radius 3 is 0.948 bits per heavy atom. The smallest absolute Gasteiger partial charge is 0.243 e. The quantitative estimate of drug-likeness (QED) is 0.00997. The molecule has 3 aromatic carbocycles. The molecule has 0 spiro atoms. The van der Waals surface area contributed by atoms with Gasteiger partial charge in [0.25, 0.3) is 0 Å². The molecule has 522 valence electrons. The number of aromatic nitrogens is 3. The highest BCUT2D eigenvalue weighted by Crippen LogP contribution is 2.23. The van der Waals surface area contributed by atoms with E-state index in [1.807, 2.05) is 54.6 Å². The van der Waals surface area contributed by atoms with Crippen LogP contribution in [-0.2, 0) is 62.4 Å². The van der Waals surface area contributed by atoms with Crippen molar-refractivity contribution in [1.29, 1.82) is 0 Å². The molecule has 34 heteroatoms. The lowest BCUT2D eigenvalue weighted by Crippen LogP contribution is -2.60. The van der Waals surface area contributed by atoms with Gasteiger partial charge in [0.2, 0.25) is 53.2 Å². The van der Waals surface area contributed by atoms with Gasteiger partial charge in [-0.2, -0.15) is 0 Å². The molecule has 9 atom stereocenters. The Hall–Kier alpha value is -11.5. The van der Waals surface area contributed by atoms with Crippen LogP contribution in [0.4, 0.5) is 0 Å². The van der Waals surface area contributed by atoms with Gasteiger partial charge in [0.05, 0.1) is 6.04 Å². The van der Waals surface area contributed by atoms with Crippen LogP contribution in [0.3, 0.4) is 0 Å². The van der Waals surface area contributed by atoms with E-state index in [4.69, 9.17) is 57.3 Å².